The van der Waals surface area contributed by atoms with Crippen molar-refractivity contribution in [2.75, 3.05) is 12.4 Å². The van der Waals surface area contributed by atoms with Crippen molar-refractivity contribution in [2.24, 2.45) is 5.73 Å². The molecule has 0 radical (unpaired) electrons. The lowest BCUT2D eigenvalue weighted by Gasteiger charge is -2.00. The van der Waals surface area contributed by atoms with Crippen molar-refractivity contribution < 1.29 is 9.59 Å². The van der Waals surface area contributed by atoms with Crippen LogP contribution in [0.3, 0.4) is 0 Å². The number of unbranched alkanes of at least 4 members (excludes halogenated alkanes) is 3. The van der Waals surface area contributed by atoms with Crippen LogP contribution in [0.2, 0.25) is 0 Å². The third-order valence-corrected chi connectivity index (χ3v) is 2.71. The number of nitrogens with two attached hydrogens (primary N) is 1. The van der Waals surface area contributed by atoms with Gasteiger partial charge in [0.1, 0.15) is 11.6 Å². The van der Waals surface area contributed by atoms with E-state index in [2.05, 4.69) is 0 Å². The van der Waals surface area contributed by atoms with Gasteiger partial charge in [-0.15, -0.1) is 11.6 Å². The molecule has 4 heteroatoms. The highest BCUT2D eigenvalue weighted by Crippen LogP contribution is 2.07. The van der Waals surface area contributed by atoms with E-state index >= 15 is 0 Å². The Kier molecular flexibility index (Phi) is 10.8. The van der Waals surface area contributed by atoms with Gasteiger partial charge in [0.2, 0.25) is 0 Å². The van der Waals surface area contributed by atoms with E-state index in [0.29, 0.717) is 38.1 Å². The molecule has 16 heavy (non-hydrogen) atoms. The van der Waals surface area contributed by atoms with Gasteiger partial charge >= 0.3 is 0 Å². The van der Waals surface area contributed by atoms with Crippen LogP contribution >= 0.6 is 11.6 Å². The summed E-state index contributed by atoms with van der Waals surface area (Å²) in [6.45, 7) is 0.380. The van der Waals surface area contributed by atoms with Crippen molar-refractivity contribution in [3.05, 3.63) is 0 Å². The minimum atomic E-state index is 0.0954. The van der Waals surface area contributed by atoms with Gasteiger partial charge in [-0.1, -0.05) is 12.8 Å². The molecule has 0 aromatic heterocycles. The topological polar surface area (TPSA) is 60.2 Å². The second kappa shape index (κ2) is 11.1. The molecule has 0 aliphatic carbocycles. The van der Waals surface area contributed by atoms with Crippen molar-refractivity contribution in [3.8, 4) is 0 Å². The van der Waals surface area contributed by atoms with E-state index in [9.17, 15) is 9.59 Å². The van der Waals surface area contributed by atoms with Gasteiger partial charge < -0.3 is 5.73 Å². The largest absolute Gasteiger partial charge is 0.330 e. The fourth-order valence-corrected chi connectivity index (χ4v) is 1.65. The summed E-state index contributed by atoms with van der Waals surface area (Å²) in [5.74, 6) is 0.982. The molecule has 0 heterocycles. The number of alkyl halides is 1. The maximum absolute atomic E-state index is 11.4. The molecule has 0 amide bonds. The Bertz CT molecular complexity index is 207. The molecule has 0 aliphatic rings. The molecule has 0 atom stereocenters. The Morgan fingerprint density at radius 2 is 1.38 bits per heavy atom. The molecule has 2 N–H and O–H groups in total. The zero-order valence-electron chi connectivity index (χ0n) is 9.84. The Morgan fingerprint density at radius 1 is 0.812 bits per heavy atom. The summed E-state index contributed by atoms with van der Waals surface area (Å²) < 4.78 is 0. The zero-order chi connectivity index (χ0) is 12.2. The third kappa shape index (κ3) is 10.1. The Labute approximate surface area is 103 Å². The van der Waals surface area contributed by atoms with Gasteiger partial charge in [-0.05, 0) is 19.4 Å². The molecule has 0 rings (SSSR count). The minimum absolute atomic E-state index is 0.0954. The first kappa shape index (κ1) is 15.6. The van der Waals surface area contributed by atoms with E-state index in [4.69, 9.17) is 17.3 Å². The fraction of sp³-hybridized carbons (Fsp3) is 0.833. The van der Waals surface area contributed by atoms with Crippen molar-refractivity contribution in [1.82, 2.24) is 0 Å². The maximum atomic E-state index is 11.4. The highest BCUT2D eigenvalue weighted by molar-refractivity contribution is 6.17. The molecular weight excluding hydrogens is 226 g/mol. The summed E-state index contributed by atoms with van der Waals surface area (Å²) in [6.07, 6.45) is 5.80. The number of halogens is 1. The summed E-state index contributed by atoms with van der Waals surface area (Å²) in [7, 11) is 0. The van der Waals surface area contributed by atoms with Gasteiger partial charge in [-0.3, -0.25) is 9.59 Å². The SMILES string of the molecule is NCCC(=O)CCC(=O)CCCCCCCl. The standard InChI is InChI=1S/C12H22ClNO2/c13-9-4-2-1-3-5-11(15)6-7-12(16)8-10-14/h1-10,14H2. The molecule has 0 aromatic rings. The molecule has 3 nitrogen and oxygen atoms in total. The Hall–Kier alpha value is -0.410. The maximum Gasteiger partial charge on any atom is 0.134 e. The van der Waals surface area contributed by atoms with Crippen molar-refractivity contribution in [1.29, 1.82) is 0 Å². The number of ketones is 2. The van der Waals surface area contributed by atoms with E-state index in [1.165, 1.54) is 0 Å². The quantitative estimate of drug-likeness (QED) is 0.451. The van der Waals surface area contributed by atoms with Gasteiger partial charge in [0.25, 0.3) is 0 Å². The van der Waals surface area contributed by atoms with E-state index < -0.39 is 0 Å². The van der Waals surface area contributed by atoms with Crippen molar-refractivity contribution >= 4 is 23.2 Å². The molecule has 0 fully saturated rings. The van der Waals surface area contributed by atoms with Crippen LogP contribution < -0.4 is 5.73 Å². The number of Topliss-reactive ketones (excluding diaryl/α,β-unsaturated/α-hetero) is 2. The molecule has 0 aromatic carbocycles. The Balaban J connectivity index is 3.34. The van der Waals surface area contributed by atoms with Crippen LogP contribution in [-0.4, -0.2) is 24.0 Å². The summed E-state index contributed by atoms with van der Waals surface area (Å²) in [5.41, 5.74) is 5.25. The number of rotatable bonds is 11. The molecule has 0 unspecified atom stereocenters. The lowest BCUT2D eigenvalue weighted by Crippen LogP contribution is -2.09. The van der Waals surface area contributed by atoms with E-state index in [0.717, 1.165) is 25.7 Å². The fourth-order valence-electron chi connectivity index (χ4n) is 1.46. The van der Waals surface area contributed by atoms with Gasteiger partial charge in [0, 0.05) is 31.6 Å². The average molecular weight is 248 g/mol. The zero-order valence-corrected chi connectivity index (χ0v) is 10.6. The van der Waals surface area contributed by atoms with E-state index in [1.807, 2.05) is 0 Å². The first-order valence-electron chi connectivity index (χ1n) is 6.00. The van der Waals surface area contributed by atoms with Crippen LogP contribution in [0.25, 0.3) is 0 Å². The highest BCUT2D eigenvalue weighted by Gasteiger charge is 2.06. The van der Waals surface area contributed by atoms with Crippen LogP contribution in [0.1, 0.15) is 51.4 Å². The van der Waals surface area contributed by atoms with Gasteiger partial charge in [-0.25, -0.2) is 0 Å². The average Bonchev–Trinajstić information content (AvgIpc) is 2.26. The van der Waals surface area contributed by atoms with Gasteiger partial charge in [-0.2, -0.15) is 0 Å². The second-order valence-corrected chi connectivity index (χ2v) is 4.35. The summed E-state index contributed by atoms with van der Waals surface area (Å²) in [5, 5.41) is 0. The monoisotopic (exact) mass is 247 g/mol. The molecule has 0 saturated heterocycles. The summed E-state index contributed by atoms with van der Waals surface area (Å²) >= 11 is 5.54. The molecule has 0 saturated carbocycles. The Morgan fingerprint density at radius 3 is 1.94 bits per heavy atom. The second-order valence-electron chi connectivity index (χ2n) is 3.97. The highest BCUT2D eigenvalue weighted by atomic mass is 35.5. The first-order chi connectivity index (χ1) is 7.70. The number of carbonyl (C=O) groups is 2. The smallest absolute Gasteiger partial charge is 0.134 e. The van der Waals surface area contributed by atoms with Crippen LogP contribution in [0, 0.1) is 0 Å². The number of carbonyl (C=O) groups excluding carboxylic acids is 2. The molecule has 94 valence electrons. The molecule has 0 bridgehead atoms. The van der Waals surface area contributed by atoms with E-state index in [-0.39, 0.29) is 11.6 Å². The lowest BCUT2D eigenvalue weighted by atomic mass is 10.0. The molecule has 0 spiro atoms. The normalized spacial score (nSPS) is 10.4. The number of hydrogen-bond donors (Lipinski definition) is 1. The first-order valence-corrected chi connectivity index (χ1v) is 6.53. The molecule has 0 aliphatic heterocycles. The number of hydrogen-bond acceptors (Lipinski definition) is 3. The molecular formula is C12H22ClNO2. The predicted octanol–water partition coefficient (Wildman–Crippen LogP) is 2.44. The predicted molar refractivity (Wildman–Crippen MR) is 66.7 cm³/mol. The van der Waals surface area contributed by atoms with Crippen LogP contribution in [0.15, 0.2) is 0 Å². The van der Waals surface area contributed by atoms with E-state index in [1.54, 1.807) is 0 Å². The van der Waals surface area contributed by atoms with Crippen molar-refractivity contribution in [3.63, 3.8) is 0 Å². The summed E-state index contributed by atoms with van der Waals surface area (Å²) in [4.78, 5) is 22.5. The minimum Gasteiger partial charge on any atom is -0.330 e. The summed E-state index contributed by atoms with van der Waals surface area (Å²) in [6, 6.07) is 0. The van der Waals surface area contributed by atoms with Crippen molar-refractivity contribution in [2.45, 2.75) is 51.4 Å². The van der Waals surface area contributed by atoms with Crippen LogP contribution in [0.4, 0.5) is 0 Å². The van der Waals surface area contributed by atoms with Crippen LogP contribution in [0.5, 0.6) is 0 Å². The van der Waals surface area contributed by atoms with Gasteiger partial charge in [0.05, 0.1) is 0 Å². The third-order valence-electron chi connectivity index (χ3n) is 2.45. The van der Waals surface area contributed by atoms with Crippen LogP contribution in [-0.2, 0) is 9.59 Å². The lowest BCUT2D eigenvalue weighted by molar-refractivity contribution is -0.124. The van der Waals surface area contributed by atoms with Gasteiger partial charge in [0.15, 0.2) is 0 Å².